The smallest absolute Gasteiger partial charge is 0.255 e. The molecule has 5 rings (SSSR count). The van der Waals surface area contributed by atoms with E-state index in [-0.39, 0.29) is 23.3 Å². The summed E-state index contributed by atoms with van der Waals surface area (Å²) in [4.78, 5) is 40.4. The van der Waals surface area contributed by atoms with Gasteiger partial charge in [-0.1, -0.05) is 41.9 Å². The lowest BCUT2D eigenvalue weighted by Gasteiger charge is -2.29. The Kier molecular flexibility index (Phi) is 5.76. The summed E-state index contributed by atoms with van der Waals surface area (Å²) in [6, 6.07) is 10.1. The maximum Gasteiger partial charge on any atom is 0.255 e. The number of halogens is 2. The van der Waals surface area contributed by atoms with Crippen LogP contribution in [-0.2, 0) is 22.7 Å². The van der Waals surface area contributed by atoms with Crippen LogP contribution in [-0.4, -0.2) is 46.7 Å². The van der Waals surface area contributed by atoms with Gasteiger partial charge in [-0.15, -0.1) is 0 Å². The molecule has 6 nitrogen and oxygen atoms in total. The minimum absolute atomic E-state index is 0.163. The SMILES string of the molecule is O=C1CCC(N2Cc3cc(CN4CC=C(c5cccc(F)c5Cl)CC4)ccc3C2=O)C(=O)N1. The van der Waals surface area contributed by atoms with Crippen LogP contribution in [0.3, 0.4) is 0 Å². The van der Waals surface area contributed by atoms with Gasteiger partial charge in [-0.2, -0.15) is 0 Å². The molecule has 1 fully saturated rings. The zero-order chi connectivity index (χ0) is 23.1. The van der Waals surface area contributed by atoms with Crippen molar-refractivity contribution in [2.75, 3.05) is 13.1 Å². The predicted octanol–water partition coefficient (Wildman–Crippen LogP) is 3.53. The van der Waals surface area contributed by atoms with E-state index in [9.17, 15) is 18.8 Å². The van der Waals surface area contributed by atoms with Crippen molar-refractivity contribution in [3.05, 3.63) is 75.6 Å². The van der Waals surface area contributed by atoms with E-state index in [0.29, 0.717) is 18.5 Å². The van der Waals surface area contributed by atoms with Gasteiger partial charge in [0.1, 0.15) is 11.9 Å². The summed E-state index contributed by atoms with van der Waals surface area (Å²) in [5, 5.41) is 2.50. The first-order valence-corrected chi connectivity index (χ1v) is 11.4. The molecule has 2 aromatic carbocycles. The van der Waals surface area contributed by atoms with Crippen molar-refractivity contribution in [2.24, 2.45) is 0 Å². The standard InChI is InChI=1S/C25H23ClFN3O3/c26-23-18(2-1-3-20(23)27)16-8-10-29(11-9-16)13-15-4-5-19-17(12-15)14-30(25(19)33)21-6-7-22(31)28-24(21)32/h1-5,8,12,21H,6-7,9-11,13-14H2,(H,28,31,32). The highest BCUT2D eigenvalue weighted by Crippen LogP contribution is 2.32. The molecule has 3 amide bonds. The highest BCUT2D eigenvalue weighted by atomic mass is 35.5. The van der Waals surface area contributed by atoms with E-state index in [1.165, 1.54) is 6.07 Å². The van der Waals surface area contributed by atoms with Crippen molar-refractivity contribution in [1.29, 1.82) is 0 Å². The number of imide groups is 1. The monoisotopic (exact) mass is 467 g/mol. The molecule has 0 bridgehead atoms. The lowest BCUT2D eigenvalue weighted by Crippen LogP contribution is -2.52. The Morgan fingerprint density at radius 2 is 1.94 bits per heavy atom. The van der Waals surface area contributed by atoms with Crippen molar-refractivity contribution in [1.82, 2.24) is 15.1 Å². The molecule has 170 valence electrons. The van der Waals surface area contributed by atoms with Crippen LogP contribution in [0.25, 0.3) is 5.57 Å². The second-order valence-corrected chi connectivity index (χ2v) is 9.09. The van der Waals surface area contributed by atoms with Gasteiger partial charge in [0.25, 0.3) is 5.91 Å². The van der Waals surface area contributed by atoms with Crippen molar-refractivity contribution in [3.8, 4) is 0 Å². The fourth-order valence-electron chi connectivity index (χ4n) is 4.84. The molecule has 0 spiro atoms. The van der Waals surface area contributed by atoms with Crippen LogP contribution < -0.4 is 5.32 Å². The number of hydrogen-bond donors (Lipinski definition) is 1. The Balaban J connectivity index is 1.26. The molecular formula is C25H23ClFN3O3. The Morgan fingerprint density at radius 3 is 2.70 bits per heavy atom. The van der Waals surface area contributed by atoms with Gasteiger partial charge in [-0.05, 0) is 47.2 Å². The zero-order valence-corrected chi connectivity index (χ0v) is 18.7. The lowest BCUT2D eigenvalue weighted by atomic mass is 9.98. The van der Waals surface area contributed by atoms with Crippen LogP contribution in [0.1, 0.15) is 46.3 Å². The Labute approximate surface area is 196 Å². The van der Waals surface area contributed by atoms with E-state index >= 15 is 0 Å². The first-order chi connectivity index (χ1) is 15.9. The van der Waals surface area contributed by atoms with E-state index in [1.54, 1.807) is 11.0 Å². The fourth-order valence-corrected chi connectivity index (χ4v) is 5.08. The summed E-state index contributed by atoms with van der Waals surface area (Å²) in [5.74, 6) is -1.26. The van der Waals surface area contributed by atoms with Gasteiger partial charge in [0.05, 0.1) is 5.02 Å². The van der Waals surface area contributed by atoms with Crippen LogP contribution in [0, 0.1) is 5.82 Å². The lowest BCUT2D eigenvalue weighted by molar-refractivity contribution is -0.136. The number of carbonyl (C=O) groups is 3. The molecule has 8 heteroatoms. The van der Waals surface area contributed by atoms with Gasteiger partial charge >= 0.3 is 0 Å². The van der Waals surface area contributed by atoms with E-state index in [2.05, 4.69) is 16.3 Å². The minimum atomic E-state index is -0.605. The highest BCUT2D eigenvalue weighted by Gasteiger charge is 2.39. The molecule has 1 saturated heterocycles. The topological polar surface area (TPSA) is 69.7 Å². The molecule has 0 radical (unpaired) electrons. The second kappa shape index (κ2) is 8.72. The quantitative estimate of drug-likeness (QED) is 0.698. The Bertz CT molecular complexity index is 1200. The average Bonchev–Trinajstić information content (AvgIpc) is 3.12. The Hall–Kier alpha value is -3.03. The summed E-state index contributed by atoms with van der Waals surface area (Å²) in [5.41, 5.74) is 4.41. The van der Waals surface area contributed by atoms with Crippen molar-refractivity contribution >= 4 is 34.9 Å². The zero-order valence-electron chi connectivity index (χ0n) is 17.9. The van der Waals surface area contributed by atoms with Crippen LogP contribution >= 0.6 is 11.6 Å². The molecule has 33 heavy (non-hydrogen) atoms. The number of piperidine rings is 1. The average molecular weight is 468 g/mol. The van der Waals surface area contributed by atoms with E-state index in [1.807, 2.05) is 24.3 Å². The van der Waals surface area contributed by atoms with Gasteiger partial charge in [-0.3, -0.25) is 24.6 Å². The molecule has 0 aromatic heterocycles. The molecular weight excluding hydrogens is 445 g/mol. The van der Waals surface area contributed by atoms with Gasteiger partial charge in [-0.25, -0.2) is 4.39 Å². The maximum absolute atomic E-state index is 13.8. The molecule has 3 aliphatic rings. The second-order valence-electron chi connectivity index (χ2n) is 8.71. The molecule has 3 heterocycles. The normalized spacial score (nSPS) is 21.2. The van der Waals surface area contributed by atoms with Gasteiger partial charge in [0.15, 0.2) is 0 Å². The molecule has 0 aliphatic carbocycles. The van der Waals surface area contributed by atoms with E-state index in [0.717, 1.165) is 48.3 Å². The number of benzene rings is 2. The fraction of sp³-hybridized carbons (Fsp3) is 0.320. The molecule has 2 aromatic rings. The first-order valence-electron chi connectivity index (χ1n) is 11.0. The molecule has 1 atom stereocenters. The third kappa shape index (κ3) is 4.18. The molecule has 1 unspecified atom stereocenters. The predicted molar refractivity (Wildman–Crippen MR) is 122 cm³/mol. The maximum atomic E-state index is 13.8. The summed E-state index contributed by atoms with van der Waals surface area (Å²) >= 11 is 6.14. The number of amides is 3. The van der Waals surface area contributed by atoms with Crippen LogP contribution in [0.2, 0.25) is 5.02 Å². The Morgan fingerprint density at radius 1 is 1.09 bits per heavy atom. The summed E-state index contributed by atoms with van der Waals surface area (Å²) in [7, 11) is 0. The van der Waals surface area contributed by atoms with Crippen molar-refractivity contribution in [3.63, 3.8) is 0 Å². The highest BCUT2D eigenvalue weighted by molar-refractivity contribution is 6.32. The summed E-state index contributed by atoms with van der Waals surface area (Å²) in [6.45, 7) is 2.63. The first kappa shape index (κ1) is 21.8. The van der Waals surface area contributed by atoms with Crippen LogP contribution in [0.4, 0.5) is 4.39 Å². The number of carbonyl (C=O) groups excluding carboxylic acids is 3. The molecule has 0 saturated carbocycles. The molecule has 3 aliphatic heterocycles. The number of hydrogen-bond acceptors (Lipinski definition) is 4. The van der Waals surface area contributed by atoms with Gasteiger partial charge in [0.2, 0.25) is 11.8 Å². The summed E-state index contributed by atoms with van der Waals surface area (Å²) < 4.78 is 13.8. The van der Waals surface area contributed by atoms with Crippen molar-refractivity contribution < 1.29 is 18.8 Å². The number of fused-ring (bicyclic) bond motifs is 1. The largest absolute Gasteiger partial charge is 0.322 e. The van der Waals surface area contributed by atoms with Gasteiger partial charge in [0, 0.05) is 38.2 Å². The van der Waals surface area contributed by atoms with E-state index < -0.39 is 17.8 Å². The number of rotatable bonds is 4. The van der Waals surface area contributed by atoms with Crippen molar-refractivity contribution in [2.45, 2.75) is 38.4 Å². The van der Waals surface area contributed by atoms with E-state index in [4.69, 9.17) is 11.6 Å². The van der Waals surface area contributed by atoms with Crippen LogP contribution in [0.15, 0.2) is 42.5 Å². The van der Waals surface area contributed by atoms with Gasteiger partial charge < -0.3 is 4.90 Å². The minimum Gasteiger partial charge on any atom is -0.322 e. The third-order valence-electron chi connectivity index (χ3n) is 6.58. The third-order valence-corrected chi connectivity index (χ3v) is 6.97. The molecule has 1 N–H and O–H groups in total. The van der Waals surface area contributed by atoms with Crippen LogP contribution in [0.5, 0.6) is 0 Å². The number of nitrogens with one attached hydrogen (secondary N) is 1. The summed E-state index contributed by atoms with van der Waals surface area (Å²) in [6.07, 6.45) is 3.46. The number of nitrogens with zero attached hydrogens (tertiary/aromatic N) is 2.